The van der Waals surface area contributed by atoms with Crippen molar-refractivity contribution in [1.29, 1.82) is 0 Å². The van der Waals surface area contributed by atoms with Crippen molar-refractivity contribution in [2.45, 2.75) is 39.8 Å². The van der Waals surface area contributed by atoms with E-state index in [0.29, 0.717) is 32.9 Å². The summed E-state index contributed by atoms with van der Waals surface area (Å²) in [6.45, 7) is 3.82. The maximum atomic E-state index is 12.9. The fourth-order valence-corrected chi connectivity index (χ4v) is 4.06. The van der Waals surface area contributed by atoms with Gasteiger partial charge >= 0.3 is 11.9 Å². The molecule has 0 aliphatic carbocycles. The summed E-state index contributed by atoms with van der Waals surface area (Å²) in [6, 6.07) is 9.36. The van der Waals surface area contributed by atoms with Crippen LogP contribution in [0.5, 0.6) is 0 Å². The molecule has 7 nitrogen and oxygen atoms in total. The van der Waals surface area contributed by atoms with Gasteiger partial charge in [0.25, 0.3) is 5.56 Å². The lowest BCUT2D eigenvalue weighted by Crippen LogP contribution is -2.24. The molecule has 1 aromatic carbocycles. The van der Waals surface area contributed by atoms with Crippen LogP contribution >= 0.6 is 11.3 Å². The zero-order valence-electron chi connectivity index (χ0n) is 15.6. The quantitative estimate of drug-likeness (QED) is 0.611. The summed E-state index contributed by atoms with van der Waals surface area (Å²) >= 11 is 1.14. The first kappa shape index (κ1) is 19.8. The van der Waals surface area contributed by atoms with Crippen molar-refractivity contribution < 1.29 is 19.4 Å². The standard InChI is InChI=1S/C20H20N2O5S/c1-12-16-18(21-13(2)22(19(16)25)10-6-9-15(23)24)28-17(12)20(26)27-11-14-7-4-3-5-8-14/h3-5,7-8H,6,9-11H2,1-2H3,(H,23,24). The van der Waals surface area contributed by atoms with Crippen LogP contribution < -0.4 is 5.56 Å². The van der Waals surface area contributed by atoms with Gasteiger partial charge in [-0.05, 0) is 31.4 Å². The minimum atomic E-state index is -0.907. The molecule has 146 valence electrons. The third-order valence-electron chi connectivity index (χ3n) is 4.41. The second kappa shape index (κ2) is 8.35. The number of aromatic nitrogens is 2. The van der Waals surface area contributed by atoms with Gasteiger partial charge in [0, 0.05) is 13.0 Å². The van der Waals surface area contributed by atoms with E-state index in [1.807, 2.05) is 30.3 Å². The first-order valence-electron chi connectivity index (χ1n) is 8.82. The molecule has 0 saturated carbocycles. The monoisotopic (exact) mass is 400 g/mol. The second-order valence-electron chi connectivity index (χ2n) is 6.41. The Morgan fingerprint density at radius 1 is 1.21 bits per heavy atom. The number of carbonyl (C=O) groups excluding carboxylic acids is 1. The van der Waals surface area contributed by atoms with Crippen molar-refractivity contribution in [3.8, 4) is 0 Å². The number of aliphatic carboxylic acids is 1. The molecule has 8 heteroatoms. The van der Waals surface area contributed by atoms with E-state index >= 15 is 0 Å². The molecule has 0 radical (unpaired) electrons. The van der Waals surface area contributed by atoms with Crippen molar-refractivity contribution in [3.05, 3.63) is 62.5 Å². The highest BCUT2D eigenvalue weighted by molar-refractivity contribution is 7.20. The molecule has 2 aromatic heterocycles. The minimum absolute atomic E-state index is 0.0242. The van der Waals surface area contributed by atoms with E-state index in [9.17, 15) is 14.4 Å². The van der Waals surface area contributed by atoms with E-state index in [1.54, 1.807) is 13.8 Å². The van der Waals surface area contributed by atoms with E-state index in [2.05, 4.69) is 4.98 Å². The summed E-state index contributed by atoms with van der Waals surface area (Å²) in [5, 5.41) is 9.18. The molecule has 0 aliphatic heterocycles. The van der Waals surface area contributed by atoms with Crippen LogP contribution in [-0.2, 0) is 22.7 Å². The molecule has 0 bridgehead atoms. The summed E-state index contributed by atoms with van der Waals surface area (Å²) in [5.74, 6) is -0.901. The van der Waals surface area contributed by atoms with Gasteiger partial charge in [-0.1, -0.05) is 30.3 Å². The summed E-state index contributed by atoms with van der Waals surface area (Å²) in [5.41, 5.74) is 1.16. The fourth-order valence-electron chi connectivity index (χ4n) is 2.95. The van der Waals surface area contributed by atoms with Crippen molar-refractivity contribution in [3.63, 3.8) is 0 Å². The molecule has 0 unspecified atom stereocenters. The van der Waals surface area contributed by atoms with Gasteiger partial charge in [-0.3, -0.25) is 14.2 Å². The second-order valence-corrected chi connectivity index (χ2v) is 7.41. The molecule has 3 aromatic rings. The highest BCUT2D eigenvalue weighted by atomic mass is 32.1. The van der Waals surface area contributed by atoms with Crippen LogP contribution in [0.25, 0.3) is 10.2 Å². The molecule has 3 rings (SSSR count). The van der Waals surface area contributed by atoms with Crippen LogP contribution in [0.15, 0.2) is 35.1 Å². The molecule has 28 heavy (non-hydrogen) atoms. The van der Waals surface area contributed by atoms with Gasteiger partial charge in [0.1, 0.15) is 22.1 Å². The Bertz CT molecular complexity index is 1090. The first-order valence-corrected chi connectivity index (χ1v) is 9.63. The lowest BCUT2D eigenvalue weighted by atomic mass is 10.2. The molecule has 0 aliphatic rings. The SMILES string of the molecule is Cc1c(C(=O)OCc2ccccc2)sc2nc(C)n(CCCC(=O)O)c(=O)c12. The number of hydrogen-bond acceptors (Lipinski definition) is 6. The van der Waals surface area contributed by atoms with Crippen molar-refractivity contribution >= 4 is 33.5 Å². The number of aryl methyl sites for hydroxylation is 2. The Labute approximate surface area is 165 Å². The number of fused-ring (bicyclic) bond motifs is 1. The smallest absolute Gasteiger partial charge is 0.349 e. The molecule has 0 saturated heterocycles. The number of thiophene rings is 1. The highest BCUT2D eigenvalue weighted by Gasteiger charge is 2.21. The zero-order chi connectivity index (χ0) is 20.3. The number of ether oxygens (including phenoxy) is 1. The molecule has 0 atom stereocenters. The van der Waals surface area contributed by atoms with Crippen LogP contribution in [0.1, 0.15) is 39.5 Å². The number of benzene rings is 1. The van der Waals surface area contributed by atoms with Gasteiger partial charge in [0.05, 0.1) is 5.39 Å². The van der Waals surface area contributed by atoms with E-state index in [1.165, 1.54) is 4.57 Å². The fraction of sp³-hybridized carbons (Fsp3) is 0.300. The number of carbonyl (C=O) groups is 2. The topological polar surface area (TPSA) is 98.5 Å². The lowest BCUT2D eigenvalue weighted by Gasteiger charge is -2.08. The minimum Gasteiger partial charge on any atom is -0.481 e. The summed E-state index contributed by atoms with van der Waals surface area (Å²) in [7, 11) is 0. The van der Waals surface area contributed by atoms with Gasteiger partial charge in [-0.2, -0.15) is 0 Å². The normalized spacial score (nSPS) is 10.9. The zero-order valence-corrected chi connectivity index (χ0v) is 16.4. The van der Waals surface area contributed by atoms with Crippen molar-refractivity contribution in [2.24, 2.45) is 0 Å². The van der Waals surface area contributed by atoms with E-state index in [-0.39, 0.29) is 25.1 Å². The third kappa shape index (κ3) is 4.12. The van der Waals surface area contributed by atoms with Crippen molar-refractivity contribution in [2.75, 3.05) is 0 Å². The Morgan fingerprint density at radius 2 is 1.93 bits per heavy atom. The number of hydrogen-bond donors (Lipinski definition) is 1. The molecule has 0 amide bonds. The molecular formula is C20H20N2O5S. The van der Waals surface area contributed by atoms with Crippen LogP contribution in [0, 0.1) is 13.8 Å². The Morgan fingerprint density at radius 3 is 2.61 bits per heavy atom. The Balaban J connectivity index is 1.87. The third-order valence-corrected chi connectivity index (χ3v) is 5.58. The van der Waals surface area contributed by atoms with Gasteiger partial charge in [0.15, 0.2) is 0 Å². The summed E-state index contributed by atoms with van der Waals surface area (Å²) in [6.07, 6.45) is 0.308. The number of rotatable bonds is 7. The molecule has 1 N–H and O–H groups in total. The average molecular weight is 400 g/mol. The number of esters is 1. The maximum Gasteiger partial charge on any atom is 0.349 e. The van der Waals surface area contributed by atoms with Crippen molar-refractivity contribution in [1.82, 2.24) is 9.55 Å². The van der Waals surface area contributed by atoms with E-state index in [0.717, 1.165) is 16.9 Å². The van der Waals surface area contributed by atoms with E-state index in [4.69, 9.17) is 9.84 Å². The Kier molecular flexibility index (Phi) is 5.89. The first-order chi connectivity index (χ1) is 13.4. The highest BCUT2D eigenvalue weighted by Crippen LogP contribution is 2.28. The number of nitrogens with zero attached hydrogens (tertiary/aromatic N) is 2. The largest absolute Gasteiger partial charge is 0.481 e. The maximum absolute atomic E-state index is 12.9. The van der Waals surface area contributed by atoms with Crippen LogP contribution in [-0.4, -0.2) is 26.6 Å². The van der Waals surface area contributed by atoms with E-state index < -0.39 is 11.9 Å². The predicted molar refractivity (Wildman–Crippen MR) is 106 cm³/mol. The number of carboxylic acid groups (broad SMARTS) is 1. The number of carboxylic acids is 1. The predicted octanol–water partition coefficient (Wildman–Crippen LogP) is 3.30. The van der Waals surface area contributed by atoms with Gasteiger partial charge in [-0.15, -0.1) is 11.3 Å². The molecule has 2 heterocycles. The average Bonchev–Trinajstić information content (AvgIpc) is 2.99. The van der Waals surface area contributed by atoms with Gasteiger partial charge in [-0.25, -0.2) is 9.78 Å². The summed E-state index contributed by atoms with van der Waals surface area (Å²) in [4.78, 5) is 41.4. The molecular weight excluding hydrogens is 380 g/mol. The molecule has 0 fully saturated rings. The van der Waals surface area contributed by atoms with Crippen LogP contribution in [0.2, 0.25) is 0 Å². The van der Waals surface area contributed by atoms with Crippen LogP contribution in [0.4, 0.5) is 0 Å². The van der Waals surface area contributed by atoms with Crippen LogP contribution in [0.3, 0.4) is 0 Å². The lowest BCUT2D eigenvalue weighted by molar-refractivity contribution is -0.137. The Hall–Kier alpha value is -3.00. The van der Waals surface area contributed by atoms with Gasteiger partial charge < -0.3 is 9.84 Å². The summed E-state index contributed by atoms with van der Waals surface area (Å²) < 4.78 is 6.85. The molecule has 0 spiro atoms. The van der Waals surface area contributed by atoms with Gasteiger partial charge in [0.2, 0.25) is 0 Å².